The molecule has 0 aromatic heterocycles. The number of carbonyl (C=O) groups is 2. The van der Waals surface area contributed by atoms with Crippen molar-refractivity contribution < 1.29 is 36.6 Å². The lowest BCUT2D eigenvalue weighted by Crippen LogP contribution is -2.50. The molecule has 1 aliphatic rings. The molecular formula is C18H24F4N4O4. The van der Waals surface area contributed by atoms with Gasteiger partial charge >= 0.3 is 6.61 Å². The second-order valence-corrected chi connectivity index (χ2v) is 6.38. The van der Waals surface area contributed by atoms with Crippen LogP contribution in [0.25, 0.3) is 0 Å². The minimum absolute atomic E-state index is 0.101. The number of amides is 2. The number of nitrogens with zero attached hydrogens (tertiary/aromatic N) is 2. The Balaban J connectivity index is 2.26. The lowest BCUT2D eigenvalue weighted by atomic mass is 10.2. The molecule has 168 valence electrons. The van der Waals surface area contributed by atoms with E-state index in [1.165, 1.54) is 28.0 Å². The van der Waals surface area contributed by atoms with Crippen molar-refractivity contribution in [2.45, 2.75) is 26.0 Å². The van der Waals surface area contributed by atoms with E-state index in [2.05, 4.69) is 10.1 Å². The van der Waals surface area contributed by atoms with Gasteiger partial charge in [-0.1, -0.05) is 6.92 Å². The fourth-order valence-electron chi connectivity index (χ4n) is 3.06. The van der Waals surface area contributed by atoms with E-state index in [9.17, 15) is 27.2 Å². The Morgan fingerprint density at radius 1 is 1.37 bits per heavy atom. The number of anilines is 2. The molecule has 1 aliphatic heterocycles. The van der Waals surface area contributed by atoms with E-state index in [1.54, 1.807) is 6.92 Å². The predicted molar refractivity (Wildman–Crippen MR) is 101 cm³/mol. The van der Waals surface area contributed by atoms with Crippen LogP contribution in [-0.4, -0.2) is 75.2 Å². The van der Waals surface area contributed by atoms with E-state index in [4.69, 9.17) is 10.5 Å². The monoisotopic (exact) mass is 436 g/mol. The molecule has 8 nitrogen and oxygen atoms in total. The number of carbonyl (C=O) groups excluding carboxylic acids is 2. The van der Waals surface area contributed by atoms with Gasteiger partial charge in [-0.15, -0.1) is 0 Å². The predicted octanol–water partition coefficient (Wildman–Crippen LogP) is 1.50. The van der Waals surface area contributed by atoms with Gasteiger partial charge in [0.15, 0.2) is 5.75 Å². The number of nitrogens with one attached hydrogen (secondary N) is 1. The van der Waals surface area contributed by atoms with Crippen molar-refractivity contribution in [2.75, 3.05) is 49.6 Å². The molecule has 0 bridgehead atoms. The summed E-state index contributed by atoms with van der Waals surface area (Å²) in [6, 6.07) is 2.85. The highest BCUT2D eigenvalue weighted by Gasteiger charge is 2.28. The second-order valence-electron chi connectivity index (χ2n) is 6.38. The van der Waals surface area contributed by atoms with Crippen molar-refractivity contribution in [1.82, 2.24) is 4.90 Å². The van der Waals surface area contributed by atoms with Crippen LogP contribution in [0, 0.1) is 0 Å². The van der Waals surface area contributed by atoms with Gasteiger partial charge < -0.3 is 25.4 Å². The molecule has 12 heteroatoms. The summed E-state index contributed by atoms with van der Waals surface area (Å²) in [6.45, 7) is -2.00. The highest BCUT2D eigenvalue weighted by molar-refractivity contribution is 5.98. The van der Waals surface area contributed by atoms with Gasteiger partial charge in [0.25, 0.3) is 12.3 Å². The van der Waals surface area contributed by atoms with Crippen LogP contribution in [0.15, 0.2) is 18.2 Å². The first-order valence-electron chi connectivity index (χ1n) is 9.26. The third-order valence-corrected chi connectivity index (χ3v) is 4.48. The Labute approximate surface area is 170 Å². The highest BCUT2D eigenvalue weighted by Crippen LogP contribution is 2.32. The van der Waals surface area contributed by atoms with Gasteiger partial charge in [-0.05, 0) is 18.7 Å². The summed E-state index contributed by atoms with van der Waals surface area (Å²) in [6.07, 6.45) is -2.67. The number of morpholine rings is 1. The number of hydrogen-bond acceptors (Lipinski definition) is 6. The fourth-order valence-corrected chi connectivity index (χ4v) is 3.06. The molecule has 30 heavy (non-hydrogen) atoms. The largest absolute Gasteiger partial charge is 0.433 e. The zero-order chi connectivity index (χ0) is 22.3. The maximum atomic E-state index is 12.9. The van der Waals surface area contributed by atoms with Crippen molar-refractivity contribution in [2.24, 2.45) is 5.73 Å². The summed E-state index contributed by atoms with van der Waals surface area (Å²) in [5, 5.41) is 2.40. The lowest BCUT2D eigenvalue weighted by Gasteiger charge is -2.29. The first-order chi connectivity index (χ1) is 14.3. The van der Waals surface area contributed by atoms with Gasteiger partial charge in [-0.3, -0.25) is 14.5 Å². The normalized spacial score (nSPS) is 15.8. The topological polar surface area (TPSA) is 97.1 Å². The Hall–Kier alpha value is -2.44. The molecule has 0 radical (unpaired) electrons. The van der Waals surface area contributed by atoms with Gasteiger partial charge in [0.1, 0.15) is 12.6 Å². The maximum absolute atomic E-state index is 12.9. The minimum Gasteiger partial charge on any atom is -0.433 e. The first-order valence-corrected chi connectivity index (χ1v) is 9.26. The zero-order valence-electron chi connectivity index (χ0n) is 16.3. The lowest BCUT2D eigenvalue weighted by molar-refractivity contribution is -0.125. The molecule has 2 rings (SSSR count). The van der Waals surface area contributed by atoms with Gasteiger partial charge in [-0.25, -0.2) is 8.78 Å². The number of likely N-dealkylation sites (N-methyl/N-ethyl adjacent to an activating group) is 1. The van der Waals surface area contributed by atoms with E-state index in [1.807, 2.05) is 0 Å². The Bertz CT molecular complexity index is 738. The summed E-state index contributed by atoms with van der Waals surface area (Å²) in [4.78, 5) is 27.1. The van der Waals surface area contributed by atoms with Gasteiger partial charge in [0.05, 0.1) is 18.8 Å². The fraction of sp³-hybridized carbons (Fsp3) is 0.556. The van der Waals surface area contributed by atoms with Gasteiger partial charge in [0, 0.05) is 24.8 Å². The summed E-state index contributed by atoms with van der Waals surface area (Å²) >= 11 is 0. The Morgan fingerprint density at radius 3 is 2.67 bits per heavy atom. The molecule has 0 spiro atoms. The molecule has 1 fully saturated rings. The quantitative estimate of drug-likeness (QED) is 0.540. The van der Waals surface area contributed by atoms with Crippen molar-refractivity contribution in [3.63, 3.8) is 0 Å². The molecule has 0 unspecified atom stereocenters. The summed E-state index contributed by atoms with van der Waals surface area (Å²) in [5.41, 5.74) is 5.77. The molecular weight excluding hydrogens is 412 g/mol. The number of hydrogen-bond donors (Lipinski definition) is 2. The third-order valence-electron chi connectivity index (χ3n) is 4.48. The zero-order valence-corrected chi connectivity index (χ0v) is 16.3. The van der Waals surface area contributed by atoms with Crippen LogP contribution >= 0.6 is 0 Å². The van der Waals surface area contributed by atoms with E-state index < -0.39 is 31.5 Å². The van der Waals surface area contributed by atoms with Crippen LogP contribution in [0.5, 0.6) is 5.75 Å². The van der Waals surface area contributed by atoms with E-state index in [0.29, 0.717) is 5.69 Å². The average Bonchev–Trinajstić information content (AvgIpc) is 2.68. The maximum Gasteiger partial charge on any atom is 0.387 e. The highest BCUT2D eigenvalue weighted by atomic mass is 19.3. The number of rotatable bonds is 10. The summed E-state index contributed by atoms with van der Waals surface area (Å²) in [5.74, 6) is -1.47. The SMILES string of the molecule is CCN(CC(F)F)[C@@H](CN)C(=O)Nc1ccc(N2CCOCC2=O)cc1OC(F)F. The van der Waals surface area contributed by atoms with Crippen LogP contribution in [0.4, 0.5) is 28.9 Å². The molecule has 1 aromatic rings. The molecule has 1 saturated heterocycles. The van der Waals surface area contributed by atoms with Crippen molar-refractivity contribution in [1.29, 1.82) is 0 Å². The van der Waals surface area contributed by atoms with Gasteiger partial charge in [0.2, 0.25) is 5.91 Å². The molecule has 0 aliphatic carbocycles. The summed E-state index contributed by atoms with van der Waals surface area (Å²) < 4.78 is 60.8. The molecule has 1 heterocycles. The number of alkyl halides is 4. The number of benzene rings is 1. The number of nitrogens with two attached hydrogens (primary N) is 1. The molecule has 3 N–H and O–H groups in total. The standard InChI is InChI=1S/C18H24F4N4O4/c1-2-25(9-15(19)20)13(8-23)17(28)24-12-4-3-11(7-14(12)30-18(21)22)26-5-6-29-10-16(26)27/h3-4,7,13,15,18H,2,5-6,8-10,23H2,1H3,(H,24,28)/t13-/m0/s1. The van der Waals surface area contributed by atoms with E-state index in [0.717, 1.165) is 0 Å². The first kappa shape index (κ1) is 23.8. The molecule has 0 saturated carbocycles. The van der Waals surface area contributed by atoms with E-state index in [-0.39, 0.29) is 50.2 Å². The summed E-state index contributed by atoms with van der Waals surface area (Å²) in [7, 11) is 0. The smallest absolute Gasteiger partial charge is 0.387 e. The average molecular weight is 436 g/mol. The Kier molecular flexibility index (Phi) is 8.81. The molecule has 2 amide bonds. The number of ether oxygens (including phenoxy) is 2. The van der Waals surface area contributed by atoms with Gasteiger partial charge in [-0.2, -0.15) is 8.78 Å². The van der Waals surface area contributed by atoms with Crippen molar-refractivity contribution in [3.8, 4) is 5.75 Å². The van der Waals surface area contributed by atoms with Crippen LogP contribution < -0.4 is 20.7 Å². The number of halogens is 4. The van der Waals surface area contributed by atoms with Crippen molar-refractivity contribution in [3.05, 3.63) is 18.2 Å². The van der Waals surface area contributed by atoms with E-state index >= 15 is 0 Å². The molecule has 1 aromatic carbocycles. The van der Waals surface area contributed by atoms with Crippen LogP contribution in [-0.2, 0) is 14.3 Å². The Morgan fingerprint density at radius 2 is 2.10 bits per heavy atom. The third kappa shape index (κ3) is 6.28. The van der Waals surface area contributed by atoms with Crippen molar-refractivity contribution >= 4 is 23.2 Å². The van der Waals surface area contributed by atoms with Crippen LogP contribution in [0.1, 0.15) is 6.92 Å². The second kappa shape index (κ2) is 11.1. The minimum atomic E-state index is -3.19. The molecule has 1 atom stereocenters. The van der Waals surface area contributed by atoms with Crippen LogP contribution in [0.3, 0.4) is 0 Å². The van der Waals surface area contributed by atoms with Crippen LogP contribution in [0.2, 0.25) is 0 Å².